The first-order valence-corrected chi connectivity index (χ1v) is 7.24. The summed E-state index contributed by atoms with van der Waals surface area (Å²) in [4.78, 5) is 34.9. The van der Waals surface area contributed by atoms with E-state index in [1.807, 2.05) is 6.92 Å². The average molecular weight is 326 g/mol. The third-order valence-corrected chi connectivity index (χ3v) is 4.04. The lowest BCUT2D eigenvalue weighted by molar-refractivity contribution is -0.384. The second-order valence-corrected chi connectivity index (χ2v) is 5.77. The fraction of sp³-hybridized carbons (Fsp3) is 0.176. The number of hydrogen-bond acceptors (Lipinski definition) is 5. The molecule has 0 radical (unpaired) electrons. The van der Waals surface area contributed by atoms with Crippen molar-refractivity contribution in [2.75, 3.05) is 5.32 Å². The fourth-order valence-corrected chi connectivity index (χ4v) is 2.76. The van der Waals surface area contributed by atoms with E-state index in [0.717, 1.165) is 11.6 Å². The molecule has 2 aromatic carbocycles. The summed E-state index contributed by atoms with van der Waals surface area (Å²) in [6.07, 6.45) is -0.490. The van der Waals surface area contributed by atoms with Gasteiger partial charge in [-0.1, -0.05) is 29.8 Å². The predicted molar refractivity (Wildman–Crippen MR) is 85.7 cm³/mol. The monoisotopic (exact) mass is 326 g/mol. The van der Waals surface area contributed by atoms with Crippen LogP contribution in [0.25, 0.3) is 0 Å². The number of nitro benzene ring substituents is 1. The quantitative estimate of drug-likeness (QED) is 0.509. The molecule has 2 aromatic rings. The maximum atomic E-state index is 12.5. The number of nitrogens with one attached hydrogen (secondary N) is 1. The lowest BCUT2D eigenvalue weighted by Gasteiger charge is -2.20. The molecule has 0 aromatic heterocycles. The molecular formula is C17H14N2O5. The Morgan fingerprint density at radius 2 is 2.04 bits per heavy atom. The van der Waals surface area contributed by atoms with E-state index in [-0.39, 0.29) is 11.3 Å². The summed E-state index contributed by atoms with van der Waals surface area (Å²) < 4.78 is 0. The van der Waals surface area contributed by atoms with E-state index in [2.05, 4.69) is 5.32 Å². The molecule has 1 aliphatic heterocycles. The van der Waals surface area contributed by atoms with E-state index in [1.165, 1.54) is 18.2 Å². The zero-order chi connectivity index (χ0) is 17.5. The molecule has 1 atom stereocenters. The van der Waals surface area contributed by atoms with Crippen molar-refractivity contribution in [3.05, 3.63) is 69.3 Å². The van der Waals surface area contributed by atoms with Gasteiger partial charge >= 0.3 is 0 Å². The highest BCUT2D eigenvalue weighted by Gasteiger charge is 2.46. The molecule has 1 amide bonds. The summed E-state index contributed by atoms with van der Waals surface area (Å²) in [5.74, 6) is -1.23. The molecule has 1 heterocycles. The third kappa shape index (κ3) is 2.55. The lowest BCUT2D eigenvalue weighted by Crippen LogP contribution is -2.36. The van der Waals surface area contributed by atoms with Gasteiger partial charge in [0.1, 0.15) is 0 Å². The van der Waals surface area contributed by atoms with Crippen LogP contribution in [-0.2, 0) is 10.4 Å². The van der Waals surface area contributed by atoms with Crippen LogP contribution in [0, 0.1) is 17.0 Å². The first-order chi connectivity index (χ1) is 11.3. The Balaban J connectivity index is 1.95. The van der Waals surface area contributed by atoms with E-state index in [0.29, 0.717) is 11.3 Å². The van der Waals surface area contributed by atoms with Gasteiger partial charge in [0.2, 0.25) is 0 Å². The molecule has 0 saturated heterocycles. The number of nitrogens with zero attached hydrogens (tertiary/aromatic N) is 1. The van der Waals surface area contributed by atoms with Crippen molar-refractivity contribution in [3.8, 4) is 0 Å². The molecular weight excluding hydrogens is 312 g/mol. The zero-order valence-electron chi connectivity index (χ0n) is 12.8. The van der Waals surface area contributed by atoms with E-state index in [4.69, 9.17) is 0 Å². The average Bonchev–Trinajstić information content (AvgIpc) is 2.79. The number of anilines is 1. The van der Waals surface area contributed by atoms with Crippen LogP contribution in [-0.4, -0.2) is 21.7 Å². The van der Waals surface area contributed by atoms with Gasteiger partial charge in [0, 0.05) is 28.9 Å². The molecule has 7 heteroatoms. The number of amides is 1. The van der Waals surface area contributed by atoms with Gasteiger partial charge in [-0.25, -0.2) is 0 Å². The van der Waals surface area contributed by atoms with Gasteiger partial charge in [0.15, 0.2) is 11.4 Å². The summed E-state index contributed by atoms with van der Waals surface area (Å²) in [6.45, 7) is 1.81. The number of ketones is 1. The minimum absolute atomic E-state index is 0.0755. The van der Waals surface area contributed by atoms with Crippen molar-refractivity contribution >= 4 is 23.1 Å². The summed E-state index contributed by atoms with van der Waals surface area (Å²) in [6, 6.07) is 10.3. The molecule has 3 rings (SSSR count). The summed E-state index contributed by atoms with van der Waals surface area (Å²) in [5, 5.41) is 24.1. The fourth-order valence-electron chi connectivity index (χ4n) is 2.76. The predicted octanol–water partition coefficient (Wildman–Crippen LogP) is 2.32. The van der Waals surface area contributed by atoms with Gasteiger partial charge in [-0.2, -0.15) is 0 Å². The molecule has 24 heavy (non-hydrogen) atoms. The smallest absolute Gasteiger partial charge is 0.270 e. The first-order valence-electron chi connectivity index (χ1n) is 7.24. The first kappa shape index (κ1) is 15.8. The van der Waals surface area contributed by atoms with Crippen LogP contribution >= 0.6 is 0 Å². The van der Waals surface area contributed by atoms with E-state index >= 15 is 0 Å². The van der Waals surface area contributed by atoms with Gasteiger partial charge in [0.25, 0.3) is 11.6 Å². The molecule has 1 aliphatic rings. The molecule has 0 aliphatic carbocycles. The van der Waals surface area contributed by atoms with Crippen LogP contribution < -0.4 is 5.32 Å². The molecule has 0 bridgehead atoms. The number of carbonyl (C=O) groups is 2. The SMILES string of the molecule is Cc1ccc2c(c1)[C@@](O)(CC(=O)c1cccc([N+](=O)[O-])c1)C(=O)N2. The minimum atomic E-state index is -1.98. The highest BCUT2D eigenvalue weighted by atomic mass is 16.6. The number of nitro groups is 1. The van der Waals surface area contributed by atoms with E-state index in [9.17, 15) is 24.8 Å². The zero-order valence-corrected chi connectivity index (χ0v) is 12.8. The van der Waals surface area contributed by atoms with Gasteiger partial charge in [-0.15, -0.1) is 0 Å². The highest BCUT2D eigenvalue weighted by Crippen LogP contribution is 2.39. The molecule has 0 spiro atoms. The Morgan fingerprint density at radius 1 is 1.29 bits per heavy atom. The van der Waals surface area contributed by atoms with Gasteiger partial charge < -0.3 is 10.4 Å². The van der Waals surface area contributed by atoms with E-state index in [1.54, 1.807) is 18.2 Å². The standard InChI is InChI=1S/C17H14N2O5/c1-10-5-6-14-13(7-10)17(22,16(21)18-14)9-15(20)11-3-2-4-12(8-11)19(23)24/h2-8,22H,9H2,1H3,(H,18,21)/t17-/m0/s1. The van der Waals surface area contributed by atoms with Crippen molar-refractivity contribution in [2.45, 2.75) is 18.9 Å². The van der Waals surface area contributed by atoms with Crippen LogP contribution in [0.15, 0.2) is 42.5 Å². The topological polar surface area (TPSA) is 110 Å². The van der Waals surface area contributed by atoms with Crippen molar-refractivity contribution in [2.24, 2.45) is 0 Å². The Labute approximate surface area is 137 Å². The second kappa shape index (κ2) is 5.54. The van der Waals surface area contributed by atoms with Gasteiger partial charge in [-0.05, 0) is 13.0 Å². The van der Waals surface area contributed by atoms with Crippen molar-refractivity contribution in [3.63, 3.8) is 0 Å². The summed E-state index contributed by atoms with van der Waals surface area (Å²) >= 11 is 0. The molecule has 2 N–H and O–H groups in total. The van der Waals surface area contributed by atoms with Crippen LogP contribution in [0.3, 0.4) is 0 Å². The third-order valence-electron chi connectivity index (χ3n) is 4.04. The number of benzene rings is 2. The van der Waals surface area contributed by atoms with Crippen LogP contribution in [0.1, 0.15) is 27.9 Å². The number of hydrogen-bond donors (Lipinski definition) is 2. The number of fused-ring (bicyclic) bond motifs is 1. The molecule has 0 saturated carbocycles. The Hall–Kier alpha value is -3.06. The number of aliphatic hydroxyl groups is 1. The Morgan fingerprint density at radius 3 is 2.75 bits per heavy atom. The van der Waals surface area contributed by atoms with Crippen LogP contribution in [0.4, 0.5) is 11.4 Å². The number of non-ortho nitro benzene ring substituents is 1. The van der Waals surface area contributed by atoms with Crippen LogP contribution in [0.2, 0.25) is 0 Å². The van der Waals surface area contributed by atoms with Crippen molar-refractivity contribution < 1.29 is 19.6 Å². The number of rotatable bonds is 4. The molecule has 7 nitrogen and oxygen atoms in total. The Kier molecular flexibility index (Phi) is 3.65. The van der Waals surface area contributed by atoms with Gasteiger partial charge in [0.05, 0.1) is 11.3 Å². The minimum Gasteiger partial charge on any atom is -0.375 e. The van der Waals surface area contributed by atoms with Crippen molar-refractivity contribution in [1.82, 2.24) is 0 Å². The maximum Gasteiger partial charge on any atom is 0.270 e. The summed E-state index contributed by atoms with van der Waals surface area (Å²) in [5.41, 5.74) is -0.493. The van der Waals surface area contributed by atoms with Crippen molar-refractivity contribution in [1.29, 1.82) is 0 Å². The highest BCUT2D eigenvalue weighted by molar-refractivity contribution is 6.09. The maximum absolute atomic E-state index is 12.5. The Bertz CT molecular complexity index is 877. The number of aryl methyl sites for hydroxylation is 1. The number of Topliss-reactive ketones (excluding diaryl/α,β-unsaturated/α-hetero) is 1. The summed E-state index contributed by atoms with van der Waals surface area (Å²) in [7, 11) is 0. The number of carbonyl (C=O) groups excluding carboxylic acids is 2. The van der Waals surface area contributed by atoms with E-state index < -0.39 is 28.6 Å². The molecule has 122 valence electrons. The molecule has 0 unspecified atom stereocenters. The molecule has 0 fully saturated rings. The van der Waals surface area contributed by atoms with Crippen LogP contribution in [0.5, 0.6) is 0 Å². The second-order valence-electron chi connectivity index (χ2n) is 5.77. The lowest BCUT2D eigenvalue weighted by atomic mass is 9.87. The largest absolute Gasteiger partial charge is 0.375 e. The van der Waals surface area contributed by atoms with Gasteiger partial charge in [-0.3, -0.25) is 19.7 Å². The normalized spacial score (nSPS) is 18.8.